The maximum Gasteiger partial charge on any atom is 0.224 e. The molecule has 1 aromatic heterocycles. The van der Waals surface area contributed by atoms with Gasteiger partial charge in [0.2, 0.25) is 5.91 Å². The van der Waals surface area contributed by atoms with Crippen LogP contribution in [-0.4, -0.2) is 47.0 Å². The quantitative estimate of drug-likeness (QED) is 0.733. The van der Waals surface area contributed by atoms with Gasteiger partial charge in [-0.25, -0.2) is 9.97 Å². The van der Waals surface area contributed by atoms with Crippen LogP contribution in [0.5, 0.6) is 5.75 Å². The van der Waals surface area contributed by atoms with Gasteiger partial charge in [0.15, 0.2) is 0 Å². The highest BCUT2D eigenvalue weighted by molar-refractivity contribution is 5.79. The summed E-state index contributed by atoms with van der Waals surface area (Å²) in [6.45, 7) is 15.1. The third-order valence-corrected chi connectivity index (χ3v) is 6.33. The number of nitrogens with zero attached hydrogens (tertiary/aromatic N) is 3. The second-order valence-corrected chi connectivity index (χ2v) is 9.03. The van der Waals surface area contributed by atoms with Crippen molar-refractivity contribution in [1.82, 2.24) is 20.2 Å². The molecule has 0 unspecified atom stereocenters. The Balaban J connectivity index is 1.69. The van der Waals surface area contributed by atoms with Gasteiger partial charge in [0.05, 0.1) is 13.5 Å². The number of likely N-dealkylation sites (tertiary alicyclic amines) is 1. The number of nitrogens with one attached hydrogen (secondary N) is 1. The van der Waals surface area contributed by atoms with Gasteiger partial charge in [-0.05, 0) is 77.3 Å². The van der Waals surface area contributed by atoms with E-state index in [0.717, 1.165) is 54.6 Å². The molecule has 1 aliphatic heterocycles. The van der Waals surface area contributed by atoms with Crippen LogP contribution < -0.4 is 10.1 Å². The van der Waals surface area contributed by atoms with Crippen molar-refractivity contribution in [2.45, 2.75) is 72.9 Å². The van der Waals surface area contributed by atoms with E-state index in [2.05, 4.69) is 36.2 Å². The zero-order valence-electron chi connectivity index (χ0n) is 20.0. The Morgan fingerprint density at radius 2 is 1.84 bits per heavy atom. The number of benzene rings is 1. The molecular formula is C25H36N4O2. The first-order valence-electron chi connectivity index (χ1n) is 11.2. The van der Waals surface area contributed by atoms with Crippen LogP contribution in [0.25, 0.3) is 0 Å². The van der Waals surface area contributed by atoms with Gasteiger partial charge >= 0.3 is 0 Å². The number of hydrogen-bond donors (Lipinski definition) is 1. The normalized spacial score (nSPS) is 16.7. The SMILES string of the molecule is COc1ccc(CN2CC[C@H](c3nc(C)c(CC(=O)NC(C)C)c(C)n3)C2)c(C)c1C. The standard InChI is InChI=1S/C25H36N4O2/c1-15(2)26-24(30)12-22-18(5)27-25(28-19(22)6)21-10-11-29(14-21)13-20-8-9-23(31-7)17(4)16(20)3/h8-9,15,21H,10-14H2,1-7H3,(H,26,30)/t21-/m0/s1. The fourth-order valence-electron chi connectivity index (χ4n) is 4.41. The Kier molecular flexibility index (Phi) is 7.31. The Bertz CT molecular complexity index is 932. The molecule has 1 saturated heterocycles. The smallest absolute Gasteiger partial charge is 0.224 e. The number of carbonyl (C=O) groups is 1. The van der Waals surface area contributed by atoms with Crippen molar-refractivity contribution < 1.29 is 9.53 Å². The highest BCUT2D eigenvalue weighted by Crippen LogP contribution is 2.30. The summed E-state index contributed by atoms with van der Waals surface area (Å²) >= 11 is 0. The molecule has 2 aromatic rings. The fraction of sp³-hybridized carbons (Fsp3) is 0.560. The molecule has 1 atom stereocenters. The van der Waals surface area contributed by atoms with Crippen LogP contribution in [-0.2, 0) is 17.8 Å². The summed E-state index contributed by atoms with van der Waals surface area (Å²) in [6, 6.07) is 4.38. The zero-order valence-corrected chi connectivity index (χ0v) is 20.0. The van der Waals surface area contributed by atoms with Gasteiger partial charge in [0.25, 0.3) is 0 Å². The Hall–Kier alpha value is -2.47. The fourth-order valence-corrected chi connectivity index (χ4v) is 4.41. The molecule has 2 heterocycles. The van der Waals surface area contributed by atoms with Gasteiger partial charge in [-0.15, -0.1) is 0 Å². The van der Waals surface area contributed by atoms with Gasteiger partial charge in [-0.3, -0.25) is 9.69 Å². The Labute approximate surface area is 186 Å². The van der Waals surface area contributed by atoms with Crippen molar-refractivity contribution in [3.05, 3.63) is 51.6 Å². The lowest BCUT2D eigenvalue weighted by atomic mass is 10.0. The van der Waals surface area contributed by atoms with E-state index >= 15 is 0 Å². The van der Waals surface area contributed by atoms with Crippen LogP contribution in [0.3, 0.4) is 0 Å². The molecule has 0 aliphatic carbocycles. The van der Waals surface area contributed by atoms with Crippen molar-refractivity contribution >= 4 is 5.91 Å². The molecule has 1 N–H and O–H groups in total. The molecule has 168 valence electrons. The molecule has 6 heteroatoms. The minimum absolute atomic E-state index is 0.0229. The first kappa shape index (κ1) is 23.2. The van der Waals surface area contributed by atoms with E-state index in [0.29, 0.717) is 12.3 Å². The first-order chi connectivity index (χ1) is 14.7. The number of methoxy groups -OCH3 is 1. The summed E-state index contributed by atoms with van der Waals surface area (Å²) in [5.41, 5.74) is 6.64. The van der Waals surface area contributed by atoms with Gasteiger partial charge in [0, 0.05) is 42.0 Å². The van der Waals surface area contributed by atoms with E-state index in [1.807, 2.05) is 27.7 Å². The van der Waals surface area contributed by atoms with Crippen LogP contribution in [0.15, 0.2) is 12.1 Å². The Morgan fingerprint density at radius 1 is 1.16 bits per heavy atom. The van der Waals surface area contributed by atoms with E-state index in [9.17, 15) is 4.79 Å². The highest BCUT2D eigenvalue weighted by atomic mass is 16.5. The second-order valence-electron chi connectivity index (χ2n) is 9.03. The van der Waals surface area contributed by atoms with Crippen LogP contribution in [0, 0.1) is 27.7 Å². The molecular weight excluding hydrogens is 388 g/mol. The van der Waals surface area contributed by atoms with E-state index < -0.39 is 0 Å². The van der Waals surface area contributed by atoms with Crippen molar-refractivity contribution in [2.24, 2.45) is 0 Å². The molecule has 1 aliphatic rings. The largest absolute Gasteiger partial charge is 0.496 e. The summed E-state index contributed by atoms with van der Waals surface area (Å²) < 4.78 is 5.45. The number of carbonyl (C=O) groups excluding carboxylic acids is 1. The minimum Gasteiger partial charge on any atom is -0.496 e. The number of ether oxygens (including phenoxy) is 1. The summed E-state index contributed by atoms with van der Waals surface area (Å²) in [4.78, 5) is 24.3. The molecule has 0 bridgehead atoms. The molecule has 3 rings (SSSR count). The lowest BCUT2D eigenvalue weighted by molar-refractivity contribution is -0.120. The molecule has 0 radical (unpaired) electrons. The molecule has 0 spiro atoms. The van der Waals surface area contributed by atoms with E-state index in [4.69, 9.17) is 14.7 Å². The van der Waals surface area contributed by atoms with Crippen molar-refractivity contribution in [3.8, 4) is 5.75 Å². The predicted octanol–water partition coefficient (Wildman–Crippen LogP) is 3.78. The van der Waals surface area contributed by atoms with Gasteiger partial charge in [-0.2, -0.15) is 0 Å². The van der Waals surface area contributed by atoms with Gasteiger partial charge < -0.3 is 10.1 Å². The second kappa shape index (κ2) is 9.77. The zero-order chi connectivity index (χ0) is 22.7. The van der Waals surface area contributed by atoms with Gasteiger partial charge in [-0.1, -0.05) is 6.07 Å². The lowest BCUT2D eigenvalue weighted by Gasteiger charge is -2.19. The predicted molar refractivity (Wildman–Crippen MR) is 124 cm³/mol. The molecule has 1 aromatic carbocycles. The van der Waals surface area contributed by atoms with E-state index in [1.54, 1.807) is 7.11 Å². The molecule has 0 saturated carbocycles. The number of hydrogen-bond acceptors (Lipinski definition) is 5. The molecule has 6 nitrogen and oxygen atoms in total. The van der Waals surface area contributed by atoms with Crippen molar-refractivity contribution in [3.63, 3.8) is 0 Å². The third kappa shape index (κ3) is 5.42. The summed E-state index contributed by atoms with van der Waals surface area (Å²) in [5.74, 6) is 2.21. The maximum atomic E-state index is 12.2. The van der Waals surface area contributed by atoms with E-state index in [-0.39, 0.29) is 11.9 Å². The van der Waals surface area contributed by atoms with Crippen molar-refractivity contribution in [1.29, 1.82) is 0 Å². The average Bonchev–Trinajstić information content (AvgIpc) is 3.16. The topological polar surface area (TPSA) is 67.3 Å². The number of amides is 1. The van der Waals surface area contributed by atoms with Crippen LogP contribution in [0.2, 0.25) is 0 Å². The van der Waals surface area contributed by atoms with Crippen LogP contribution >= 0.6 is 0 Å². The monoisotopic (exact) mass is 424 g/mol. The molecule has 31 heavy (non-hydrogen) atoms. The summed E-state index contributed by atoms with van der Waals surface area (Å²) in [6.07, 6.45) is 1.39. The summed E-state index contributed by atoms with van der Waals surface area (Å²) in [7, 11) is 1.72. The Morgan fingerprint density at radius 3 is 2.45 bits per heavy atom. The third-order valence-electron chi connectivity index (χ3n) is 6.33. The maximum absolute atomic E-state index is 12.2. The number of aryl methyl sites for hydroxylation is 2. The van der Waals surface area contributed by atoms with Crippen LogP contribution in [0.4, 0.5) is 0 Å². The lowest BCUT2D eigenvalue weighted by Crippen LogP contribution is -2.32. The number of aromatic nitrogens is 2. The van der Waals surface area contributed by atoms with Crippen molar-refractivity contribution in [2.75, 3.05) is 20.2 Å². The van der Waals surface area contributed by atoms with Gasteiger partial charge in [0.1, 0.15) is 11.6 Å². The highest BCUT2D eigenvalue weighted by Gasteiger charge is 2.27. The molecule has 1 fully saturated rings. The minimum atomic E-state index is 0.0229. The van der Waals surface area contributed by atoms with E-state index in [1.165, 1.54) is 16.7 Å². The number of rotatable bonds is 7. The molecule has 1 amide bonds. The average molecular weight is 425 g/mol. The van der Waals surface area contributed by atoms with Crippen LogP contribution in [0.1, 0.15) is 65.7 Å². The first-order valence-corrected chi connectivity index (χ1v) is 11.2. The summed E-state index contributed by atoms with van der Waals surface area (Å²) in [5, 5.41) is 2.95.